The highest BCUT2D eigenvalue weighted by molar-refractivity contribution is 7.80. The molecule has 0 bridgehead atoms. The van der Waals surface area contributed by atoms with Gasteiger partial charge in [0, 0.05) is 12.1 Å². The molecule has 6 heteroatoms. The van der Waals surface area contributed by atoms with E-state index in [1.54, 1.807) is 12.2 Å². The molecule has 1 saturated carbocycles. The van der Waals surface area contributed by atoms with E-state index in [0.29, 0.717) is 29.6 Å². The Kier molecular flexibility index (Phi) is 8.33. The third kappa shape index (κ3) is 7.06. The minimum atomic E-state index is -0.267. The van der Waals surface area contributed by atoms with Crippen LogP contribution in [0, 0.1) is 11.8 Å². The molecule has 0 heterocycles. The van der Waals surface area contributed by atoms with Crippen molar-refractivity contribution in [1.82, 2.24) is 16.2 Å². The van der Waals surface area contributed by atoms with Crippen LogP contribution in [0.2, 0.25) is 0 Å². The monoisotopic (exact) mass is 387 g/mol. The van der Waals surface area contributed by atoms with E-state index in [2.05, 4.69) is 36.6 Å². The van der Waals surface area contributed by atoms with Gasteiger partial charge in [-0.05, 0) is 54.2 Å². The standard InChI is InChI=1S/C21H29N3O2S/c1-4-14-26-18-11-8-17(9-12-18)10-13-20(25)23-24-21(27)22-19-7-5-6-15(2)16(19)3/h4,8-13,15-16,19H,1,5-7,14H2,2-3H3,(H,23,25)(H2,22,24,27)/b13-10+/t15-,16+,19+/m0/s1. The number of carbonyl (C=O) groups excluding carboxylic acids is 1. The highest BCUT2D eigenvalue weighted by Crippen LogP contribution is 2.29. The molecule has 3 N–H and O–H groups in total. The summed E-state index contributed by atoms with van der Waals surface area (Å²) in [5, 5.41) is 3.76. The van der Waals surface area contributed by atoms with Gasteiger partial charge >= 0.3 is 0 Å². The van der Waals surface area contributed by atoms with Gasteiger partial charge in [0.25, 0.3) is 5.91 Å². The second-order valence-electron chi connectivity index (χ2n) is 6.96. The average molecular weight is 388 g/mol. The van der Waals surface area contributed by atoms with Gasteiger partial charge in [-0.1, -0.05) is 51.5 Å². The molecule has 1 amide bonds. The predicted molar refractivity (Wildman–Crippen MR) is 114 cm³/mol. The van der Waals surface area contributed by atoms with Gasteiger partial charge in [0.2, 0.25) is 0 Å². The van der Waals surface area contributed by atoms with Crippen molar-refractivity contribution >= 4 is 29.3 Å². The Morgan fingerprint density at radius 3 is 2.70 bits per heavy atom. The van der Waals surface area contributed by atoms with E-state index in [1.807, 2.05) is 24.3 Å². The molecule has 2 rings (SSSR count). The van der Waals surface area contributed by atoms with E-state index >= 15 is 0 Å². The maximum Gasteiger partial charge on any atom is 0.262 e. The van der Waals surface area contributed by atoms with Gasteiger partial charge in [0.15, 0.2) is 5.11 Å². The fraction of sp³-hybridized carbons (Fsp3) is 0.429. The first-order chi connectivity index (χ1) is 13.0. The summed E-state index contributed by atoms with van der Waals surface area (Å²) in [7, 11) is 0. The van der Waals surface area contributed by atoms with Crippen molar-refractivity contribution in [3.05, 3.63) is 48.6 Å². The molecular formula is C21H29N3O2S. The minimum Gasteiger partial charge on any atom is -0.490 e. The van der Waals surface area contributed by atoms with Crippen LogP contribution in [-0.4, -0.2) is 23.7 Å². The van der Waals surface area contributed by atoms with E-state index in [-0.39, 0.29) is 5.91 Å². The number of nitrogens with one attached hydrogen (secondary N) is 3. The molecule has 0 saturated heterocycles. The summed E-state index contributed by atoms with van der Waals surface area (Å²) >= 11 is 5.29. The van der Waals surface area contributed by atoms with E-state index in [1.165, 1.54) is 18.9 Å². The number of hydrogen-bond donors (Lipinski definition) is 3. The van der Waals surface area contributed by atoms with Gasteiger partial charge in [-0.2, -0.15) is 0 Å². The van der Waals surface area contributed by atoms with Crippen LogP contribution in [0.5, 0.6) is 5.75 Å². The zero-order valence-electron chi connectivity index (χ0n) is 16.0. The van der Waals surface area contributed by atoms with E-state index in [0.717, 1.165) is 17.7 Å². The Morgan fingerprint density at radius 2 is 2.00 bits per heavy atom. The van der Waals surface area contributed by atoms with Gasteiger partial charge in [0.05, 0.1) is 0 Å². The second kappa shape index (κ2) is 10.7. The molecule has 0 aliphatic heterocycles. The van der Waals surface area contributed by atoms with Crippen LogP contribution >= 0.6 is 12.2 Å². The molecule has 3 atom stereocenters. The molecule has 0 aromatic heterocycles. The highest BCUT2D eigenvalue weighted by atomic mass is 32.1. The molecule has 146 valence electrons. The number of benzene rings is 1. The maximum absolute atomic E-state index is 12.0. The van der Waals surface area contributed by atoms with Crippen LogP contribution in [0.3, 0.4) is 0 Å². The summed E-state index contributed by atoms with van der Waals surface area (Å²) < 4.78 is 5.42. The number of carbonyl (C=O) groups is 1. The first-order valence-electron chi connectivity index (χ1n) is 9.38. The molecular weight excluding hydrogens is 358 g/mol. The van der Waals surface area contributed by atoms with Crippen LogP contribution in [-0.2, 0) is 4.79 Å². The van der Waals surface area contributed by atoms with Gasteiger partial charge in [-0.25, -0.2) is 0 Å². The van der Waals surface area contributed by atoms with Gasteiger partial charge in [-0.15, -0.1) is 0 Å². The van der Waals surface area contributed by atoms with E-state index in [9.17, 15) is 4.79 Å². The smallest absolute Gasteiger partial charge is 0.262 e. The lowest BCUT2D eigenvalue weighted by Crippen LogP contribution is -2.52. The molecule has 1 aliphatic rings. The molecule has 0 spiro atoms. The molecule has 1 aliphatic carbocycles. The van der Waals surface area contributed by atoms with Crippen molar-refractivity contribution in [2.75, 3.05) is 6.61 Å². The summed E-state index contributed by atoms with van der Waals surface area (Å²) in [4.78, 5) is 12.0. The Bertz CT molecular complexity index is 673. The van der Waals surface area contributed by atoms with Gasteiger partial charge in [-0.3, -0.25) is 15.6 Å². The van der Waals surface area contributed by atoms with Gasteiger partial charge < -0.3 is 10.1 Å². The molecule has 5 nitrogen and oxygen atoms in total. The number of ether oxygens (including phenoxy) is 1. The molecule has 1 fully saturated rings. The van der Waals surface area contributed by atoms with E-state index in [4.69, 9.17) is 17.0 Å². The quantitative estimate of drug-likeness (QED) is 0.301. The summed E-state index contributed by atoms with van der Waals surface area (Å²) in [6.07, 6.45) is 8.46. The second-order valence-corrected chi connectivity index (χ2v) is 7.37. The fourth-order valence-electron chi connectivity index (χ4n) is 3.15. The van der Waals surface area contributed by atoms with Crippen molar-refractivity contribution < 1.29 is 9.53 Å². The molecule has 0 radical (unpaired) electrons. The minimum absolute atomic E-state index is 0.267. The zero-order chi connectivity index (χ0) is 19.6. The normalized spacial score (nSPS) is 22.1. The first-order valence-corrected chi connectivity index (χ1v) is 9.78. The van der Waals surface area contributed by atoms with Crippen molar-refractivity contribution in [2.24, 2.45) is 11.8 Å². The van der Waals surface area contributed by atoms with Crippen molar-refractivity contribution in [1.29, 1.82) is 0 Å². The van der Waals surface area contributed by atoms with Crippen LogP contribution in [0.1, 0.15) is 38.7 Å². The lowest BCUT2D eigenvalue weighted by Gasteiger charge is -2.35. The van der Waals surface area contributed by atoms with Crippen LogP contribution in [0.25, 0.3) is 6.08 Å². The largest absolute Gasteiger partial charge is 0.490 e. The summed E-state index contributed by atoms with van der Waals surface area (Å²) in [5.41, 5.74) is 6.27. The van der Waals surface area contributed by atoms with Crippen LogP contribution < -0.4 is 20.9 Å². The number of hydrogen-bond acceptors (Lipinski definition) is 3. The lowest BCUT2D eigenvalue weighted by molar-refractivity contribution is -0.116. The molecule has 1 aromatic carbocycles. The van der Waals surface area contributed by atoms with E-state index < -0.39 is 0 Å². The predicted octanol–water partition coefficient (Wildman–Crippen LogP) is 3.58. The SMILES string of the molecule is C=CCOc1ccc(/C=C/C(=O)NNC(=S)N[C@@H]2CCC[C@H](C)[C@H]2C)cc1. The molecule has 0 unspecified atom stereocenters. The summed E-state index contributed by atoms with van der Waals surface area (Å²) in [6.45, 7) is 8.61. The number of rotatable bonds is 6. The number of hydrazine groups is 1. The average Bonchev–Trinajstić information content (AvgIpc) is 2.67. The van der Waals surface area contributed by atoms with Gasteiger partial charge in [0.1, 0.15) is 12.4 Å². The Balaban J connectivity index is 1.74. The van der Waals surface area contributed by atoms with Crippen molar-refractivity contribution in [3.8, 4) is 5.75 Å². The molecule has 1 aromatic rings. The Hall–Kier alpha value is -2.34. The van der Waals surface area contributed by atoms with Crippen molar-refractivity contribution in [2.45, 2.75) is 39.2 Å². The fourth-order valence-corrected chi connectivity index (χ4v) is 3.35. The van der Waals surface area contributed by atoms with Crippen LogP contribution in [0.15, 0.2) is 43.0 Å². The highest BCUT2D eigenvalue weighted by Gasteiger charge is 2.27. The number of amides is 1. The first kappa shape index (κ1) is 21.0. The lowest BCUT2D eigenvalue weighted by atomic mass is 9.78. The third-order valence-corrected chi connectivity index (χ3v) is 5.22. The van der Waals surface area contributed by atoms with Crippen molar-refractivity contribution in [3.63, 3.8) is 0 Å². The maximum atomic E-state index is 12.0. The third-order valence-electron chi connectivity index (χ3n) is 5.00. The summed E-state index contributed by atoms with van der Waals surface area (Å²) in [6, 6.07) is 7.82. The van der Waals surface area contributed by atoms with Crippen LogP contribution in [0.4, 0.5) is 0 Å². The Labute approximate surface area is 167 Å². The summed E-state index contributed by atoms with van der Waals surface area (Å²) in [5.74, 6) is 1.75. The zero-order valence-corrected chi connectivity index (χ0v) is 16.9. The number of thiocarbonyl (C=S) groups is 1. The Morgan fingerprint density at radius 1 is 1.26 bits per heavy atom. The molecule has 27 heavy (non-hydrogen) atoms. The topological polar surface area (TPSA) is 62.4 Å².